The molecule has 0 saturated heterocycles. The molecule has 0 bridgehead atoms. The normalized spacial score (nSPS) is 12.2. The molecule has 0 aliphatic heterocycles. The average molecular weight is 350 g/mol. The number of carbonyl (C=O) groups is 1. The molecule has 0 unspecified atom stereocenters. The number of halogens is 2. The van der Waals surface area contributed by atoms with Crippen LogP contribution in [0, 0.1) is 0 Å². The Bertz CT molecular complexity index is 729. The van der Waals surface area contributed by atoms with Gasteiger partial charge in [-0.3, -0.25) is 4.79 Å². The molecule has 1 atom stereocenters. The van der Waals surface area contributed by atoms with Crippen molar-refractivity contribution in [2.45, 2.75) is 13.0 Å². The van der Waals surface area contributed by atoms with Gasteiger partial charge in [0.05, 0.1) is 13.2 Å². The molecule has 120 valence electrons. The molecular weight excluding hydrogens is 333 g/mol. The summed E-state index contributed by atoms with van der Waals surface area (Å²) in [6.07, 6.45) is 3.10. The zero-order valence-corrected chi connectivity index (χ0v) is 14.4. The summed E-state index contributed by atoms with van der Waals surface area (Å²) in [5.74, 6) is 0.527. The molecule has 0 spiro atoms. The van der Waals surface area contributed by atoms with Crippen LogP contribution in [0.3, 0.4) is 0 Å². The topological polar surface area (TPSA) is 38.3 Å². The van der Waals surface area contributed by atoms with Crippen molar-refractivity contribution in [2.24, 2.45) is 0 Å². The zero-order chi connectivity index (χ0) is 16.8. The van der Waals surface area contributed by atoms with Gasteiger partial charge in [0, 0.05) is 21.7 Å². The molecule has 0 saturated carbocycles. The molecule has 0 aromatic heterocycles. The Morgan fingerprint density at radius 2 is 1.96 bits per heavy atom. The van der Waals surface area contributed by atoms with Gasteiger partial charge in [-0.1, -0.05) is 47.5 Å². The summed E-state index contributed by atoms with van der Waals surface area (Å²) < 4.78 is 5.30. The SMILES string of the molecule is COc1ccccc1[C@@H](C)NC(=O)/C=C/c1ccc(Cl)cc1Cl. The minimum absolute atomic E-state index is 0.177. The number of amides is 1. The maximum atomic E-state index is 12.1. The van der Waals surface area contributed by atoms with Crippen molar-refractivity contribution in [2.75, 3.05) is 7.11 Å². The summed E-state index contributed by atoms with van der Waals surface area (Å²) in [5, 5.41) is 3.95. The van der Waals surface area contributed by atoms with Crippen molar-refractivity contribution >= 4 is 35.2 Å². The lowest BCUT2D eigenvalue weighted by Gasteiger charge is -2.16. The van der Waals surface area contributed by atoms with Gasteiger partial charge in [-0.15, -0.1) is 0 Å². The first kappa shape index (κ1) is 17.4. The first-order valence-corrected chi connectivity index (χ1v) is 7.83. The summed E-state index contributed by atoms with van der Waals surface area (Å²) in [7, 11) is 1.61. The van der Waals surface area contributed by atoms with Gasteiger partial charge >= 0.3 is 0 Å². The second kappa shape index (κ2) is 8.04. The van der Waals surface area contributed by atoms with E-state index in [-0.39, 0.29) is 11.9 Å². The molecule has 2 aromatic carbocycles. The van der Waals surface area contributed by atoms with Crippen LogP contribution in [0.25, 0.3) is 6.08 Å². The molecule has 0 radical (unpaired) electrons. The maximum absolute atomic E-state index is 12.1. The molecule has 2 aromatic rings. The Labute approximate surface area is 145 Å². The molecule has 3 nitrogen and oxygen atoms in total. The monoisotopic (exact) mass is 349 g/mol. The van der Waals surface area contributed by atoms with Gasteiger partial charge < -0.3 is 10.1 Å². The Kier molecular flexibility index (Phi) is 6.08. The van der Waals surface area contributed by atoms with E-state index in [2.05, 4.69) is 5.32 Å². The van der Waals surface area contributed by atoms with Crippen molar-refractivity contribution in [1.82, 2.24) is 5.32 Å². The fourth-order valence-electron chi connectivity index (χ4n) is 2.17. The average Bonchev–Trinajstić information content (AvgIpc) is 2.54. The van der Waals surface area contributed by atoms with Gasteiger partial charge in [-0.25, -0.2) is 0 Å². The van der Waals surface area contributed by atoms with Crippen LogP contribution in [0.1, 0.15) is 24.1 Å². The van der Waals surface area contributed by atoms with E-state index in [4.69, 9.17) is 27.9 Å². The number of ether oxygens (including phenoxy) is 1. The Hall–Kier alpha value is -1.97. The third kappa shape index (κ3) is 4.75. The highest BCUT2D eigenvalue weighted by atomic mass is 35.5. The van der Waals surface area contributed by atoms with E-state index >= 15 is 0 Å². The van der Waals surface area contributed by atoms with E-state index in [1.165, 1.54) is 6.08 Å². The predicted octanol–water partition coefficient (Wildman–Crippen LogP) is 4.89. The number of para-hydroxylation sites is 1. The third-order valence-corrected chi connectivity index (χ3v) is 3.90. The summed E-state index contributed by atoms with van der Waals surface area (Å²) in [5.41, 5.74) is 1.65. The molecule has 23 heavy (non-hydrogen) atoms. The van der Waals surface area contributed by atoms with Gasteiger partial charge in [0.2, 0.25) is 5.91 Å². The van der Waals surface area contributed by atoms with Crippen LogP contribution in [-0.4, -0.2) is 13.0 Å². The minimum atomic E-state index is -0.213. The lowest BCUT2D eigenvalue weighted by atomic mass is 10.1. The first-order chi connectivity index (χ1) is 11.0. The number of methoxy groups -OCH3 is 1. The van der Waals surface area contributed by atoms with E-state index < -0.39 is 0 Å². The quantitative estimate of drug-likeness (QED) is 0.780. The fraction of sp³-hybridized carbons (Fsp3) is 0.167. The summed E-state index contributed by atoms with van der Waals surface area (Å²) in [6.45, 7) is 1.90. The van der Waals surface area contributed by atoms with Gasteiger partial charge in [0.1, 0.15) is 5.75 Å². The lowest BCUT2D eigenvalue weighted by molar-refractivity contribution is -0.117. The van der Waals surface area contributed by atoms with Crippen LogP contribution < -0.4 is 10.1 Å². The number of nitrogens with one attached hydrogen (secondary N) is 1. The standard InChI is InChI=1S/C18H17Cl2NO2/c1-12(15-5-3-4-6-17(15)23-2)21-18(22)10-8-13-7-9-14(19)11-16(13)20/h3-12H,1-2H3,(H,21,22)/b10-8+/t12-/m1/s1. The van der Waals surface area contributed by atoms with E-state index in [1.54, 1.807) is 31.4 Å². The highest BCUT2D eigenvalue weighted by molar-refractivity contribution is 6.35. The number of hydrogen-bond acceptors (Lipinski definition) is 2. The van der Waals surface area contributed by atoms with Crippen LogP contribution in [0.15, 0.2) is 48.5 Å². The second-order valence-corrected chi connectivity index (χ2v) is 5.82. The Morgan fingerprint density at radius 1 is 1.22 bits per heavy atom. The highest BCUT2D eigenvalue weighted by Gasteiger charge is 2.12. The molecular formula is C18H17Cl2NO2. The summed E-state index contributed by atoms with van der Waals surface area (Å²) >= 11 is 11.9. The van der Waals surface area contributed by atoms with E-state index in [0.717, 1.165) is 16.9 Å². The number of rotatable bonds is 5. The predicted molar refractivity (Wildman–Crippen MR) is 95.0 cm³/mol. The van der Waals surface area contributed by atoms with E-state index in [0.29, 0.717) is 10.0 Å². The Morgan fingerprint density at radius 3 is 2.65 bits per heavy atom. The van der Waals surface area contributed by atoms with Crippen molar-refractivity contribution in [3.63, 3.8) is 0 Å². The maximum Gasteiger partial charge on any atom is 0.244 e. The van der Waals surface area contributed by atoms with Crippen LogP contribution in [0.5, 0.6) is 5.75 Å². The Balaban J connectivity index is 2.05. The van der Waals surface area contributed by atoms with Gasteiger partial charge in [0.15, 0.2) is 0 Å². The first-order valence-electron chi connectivity index (χ1n) is 7.08. The van der Waals surface area contributed by atoms with Crippen LogP contribution in [-0.2, 0) is 4.79 Å². The van der Waals surface area contributed by atoms with Crippen molar-refractivity contribution in [1.29, 1.82) is 0 Å². The summed E-state index contributed by atoms with van der Waals surface area (Å²) in [4.78, 5) is 12.1. The molecule has 0 fully saturated rings. The molecule has 0 aliphatic carbocycles. The molecule has 1 N–H and O–H groups in total. The molecule has 0 aliphatic rings. The van der Waals surface area contributed by atoms with E-state index in [1.807, 2.05) is 31.2 Å². The van der Waals surface area contributed by atoms with Crippen molar-refractivity contribution < 1.29 is 9.53 Å². The van der Waals surface area contributed by atoms with Gasteiger partial charge in [0.25, 0.3) is 0 Å². The summed E-state index contributed by atoms with van der Waals surface area (Å²) in [6, 6.07) is 12.5. The zero-order valence-electron chi connectivity index (χ0n) is 12.8. The molecule has 5 heteroatoms. The number of benzene rings is 2. The largest absolute Gasteiger partial charge is 0.496 e. The van der Waals surface area contributed by atoms with Crippen molar-refractivity contribution in [3.8, 4) is 5.75 Å². The third-order valence-electron chi connectivity index (χ3n) is 3.34. The minimum Gasteiger partial charge on any atom is -0.496 e. The highest BCUT2D eigenvalue weighted by Crippen LogP contribution is 2.24. The number of carbonyl (C=O) groups excluding carboxylic acids is 1. The van der Waals surface area contributed by atoms with Crippen LogP contribution >= 0.6 is 23.2 Å². The fourth-order valence-corrected chi connectivity index (χ4v) is 2.64. The smallest absolute Gasteiger partial charge is 0.244 e. The van der Waals surface area contributed by atoms with Crippen LogP contribution in [0.2, 0.25) is 10.0 Å². The lowest BCUT2D eigenvalue weighted by Crippen LogP contribution is -2.24. The number of hydrogen-bond donors (Lipinski definition) is 1. The molecule has 1 amide bonds. The molecule has 0 heterocycles. The van der Waals surface area contributed by atoms with E-state index in [9.17, 15) is 4.79 Å². The molecule has 2 rings (SSSR count). The van der Waals surface area contributed by atoms with Crippen molar-refractivity contribution in [3.05, 3.63) is 69.7 Å². The second-order valence-electron chi connectivity index (χ2n) is 4.97. The van der Waals surface area contributed by atoms with Crippen LogP contribution in [0.4, 0.5) is 0 Å². The van der Waals surface area contributed by atoms with Gasteiger partial charge in [-0.05, 0) is 36.8 Å². The van der Waals surface area contributed by atoms with Gasteiger partial charge in [-0.2, -0.15) is 0 Å².